The van der Waals surface area contributed by atoms with Gasteiger partial charge in [-0.3, -0.25) is 4.79 Å². The smallest absolute Gasteiger partial charge is 0.148 e. The highest BCUT2D eigenvalue weighted by Crippen LogP contribution is 2.33. The first kappa shape index (κ1) is 21.4. The van der Waals surface area contributed by atoms with Crippen molar-refractivity contribution in [3.8, 4) is 0 Å². The van der Waals surface area contributed by atoms with Gasteiger partial charge in [-0.1, -0.05) is 50.5 Å². The predicted octanol–water partition coefficient (Wildman–Crippen LogP) is 2.53. The minimum absolute atomic E-state index is 0.106. The van der Waals surface area contributed by atoms with Gasteiger partial charge in [0.05, 0.1) is 12.2 Å². The molecule has 0 saturated heterocycles. The fraction of sp³-hybridized carbons (Fsp3) is 0.700. The summed E-state index contributed by atoms with van der Waals surface area (Å²) in [5.74, 6) is 0.479. The summed E-state index contributed by atoms with van der Waals surface area (Å²) >= 11 is 0. The molecule has 0 aromatic carbocycles. The molecule has 2 rings (SSSR count). The molecular formula is C20H32N4O3. The Labute approximate surface area is 161 Å². The average Bonchev–Trinajstić information content (AvgIpc) is 3.24. The molecular weight excluding hydrogens is 344 g/mol. The van der Waals surface area contributed by atoms with Crippen molar-refractivity contribution in [3.63, 3.8) is 0 Å². The first-order chi connectivity index (χ1) is 13.1. The Kier molecular flexibility index (Phi) is 9.35. The number of allylic oxidation sites excluding steroid dienone is 2. The van der Waals surface area contributed by atoms with Gasteiger partial charge < -0.3 is 10.2 Å². The maximum atomic E-state index is 12.2. The number of hydrogen-bond donors (Lipinski definition) is 3. The number of aromatic nitrogens is 4. The lowest BCUT2D eigenvalue weighted by Gasteiger charge is -2.16. The van der Waals surface area contributed by atoms with Crippen molar-refractivity contribution in [2.45, 2.75) is 76.9 Å². The van der Waals surface area contributed by atoms with Crippen molar-refractivity contribution in [2.24, 2.45) is 11.8 Å². The maximum absolute atomic E-state index is 12.2. The highest BCUT2D eigenvalue weighted by atomic mass is 16.3. The lowest BCUT2D eigenvalue weighted by atomic mass is 9.90. The summed E-state index contributed by atoms with van der Waals surface area (Å²) < 4.78 is 0. The van der Waals surface area contributed by atoms with Gasteiger partial charge in [-0.25, -0.2) is 5.10 Å². The predicted molar refractivity (Wildman–Crippen MR) is 103 cm³/mol. The monoisotopic (exact) mass is 376 g/mol. The van der Waals surface area contributed by atoms with Crippen LogP contribution in [0, 0.1) is 11.8 Å². The molecule has 0 spiro atoms. The number of rotatable bonds is 12. The molecule has 0 radical (unpaired) electrons. The van der Waals surface area contributed by atoms with Crippen LogP contribution < -0.4 is 0 Å². The van der Waals surface area contributed by atoms with Crippen molar-refractivity contribution in [2.75, 3.05) is 0 Å². The number of aliphatic hydroxyl groups is 2. The van der Waals surface area contributed by atoms with Crippen LogP contribution in [0.25, 0.3) is 0 Å². The van der Waals surface area contributed by atoms with Gasteiger partial charge in [0, 0.05) is 24.7 Å². The van der Waals surface area contributed by atoms with Gasteiger partial charge in [0.1, 0.15) is 11.6 Å². The molecule has 1 aromatic heterocycles. The third-order valence-corrected chi connectivity index (χ3v) is 5.12. The highest BCUT2D eigenvalue weighted by molar-refractivity contribution is 5.84. The Morgan fingerprint density at radius 2 is 2.15 bits per heavy atom. The van der Waals surface area contributed by atoms with Crippen molar-refractivity contribution in [3.05, 3.63) is 30.1 Å². The van der Waals surface area contributed by atoms with E-state index in [0.29, 0.717) is 6.42 Å². The minimum atomic E-state index is -0.644. The number of nitrogens with one attached hydrogen (secondary N) is 1. The van der Waals surface area contributed by atoms with Gasteiger partial charge in [0.25, 0.3) is 0 Å². The maximum Gasteiger partial charge on any atom is 0.148 e. The first-order valence-electron chi connectivity index (χ1n) is 10.1. The number of aliphatic hydroxyl groups excluding tert-OH is 2. The fourth-order valence-electron chi connectivity index (χ4n) is 3.52. The highest BCUT2D eigenvalue weighted by Gasteiger charge is 2.39. The van der Waals surface area contributed by atoms with E-state index in [1.54, 1.807) is 6.08 Å². The number of H-pyrrole nitrogens is 1. The van der Waals surface area contributed by atoms with Crippen molar-refractivity contribution in [1.82, 2.24) is 20.6 Å². The lowest BCUT2D eigenvalue weighted by Crippen LogP contribution is -2.18. The van der Waals surface area contributed by atoms with Gasteiger partial charge >= 0.3 is 0 Å². The number of Topliss-reactive ketones (excluding diaryl/α,β-unsaturated/α-hetero) is 1. The van der Waals surface area contributed by atoms with Crippen LogP contribution in [0.4, 0.5) is 0 Å². The van der Waals surface area contributed by atoms with E-state index < -0.39 is 12.2 Å². The second kappa shape index (κ2) is 11.8. The topological polar surface area (TPSA) is 112 Å². The van der Waals surface area contributed by atoms with Crippen LogP contribution in [0.2, 0.25) is 0 Å². The van der Waals surface area contributed by atoms with Crippen molar-refractivity contribution >= 4 is 5.78 Å². The molecule has 1 fully saturated rings. The third-order valence-electron chi connectivity index (χ3n) is 5.12. The van der Waals surface area contributed by atoms with E-state index in [1.165, 1.54) is 0 Å². The van der Waals surface area contributed by atoms with Gasteiger partial charge in [-0.2, -0.15) is 0 Å². The molecule has 1 aromatic rings. The zero-order chi connectivity index (χ0) is 19.5. The number of ketones is 1. The molecule has 1 aliphatic rings. The lowest BCUT2D eigenvalue weighted by molar-refractivity contribution is -0.121. The zero-order valence-electron chi connectivity index (χ0n) is 16.1. The fourth-order valence-corrected chi connectivity index (χ4v) is 3.52. The van der Waals surface area contributed by atoms with Crippen molar-refractivity contribution in [1.29, 1.82) is 0 Å². The number of carbonyl (C=O) groups excluding carboxylic acids is 1. The number of nitrogens with zero attached hydrogens (tertiary/aromatic N) is 3. The van der Waals surface area contributed by atoms with E-state index in [0.717, 1.165) is 50.8 Å². The second-order valence-corrected chi connectivity index (χ2v) is 7.32. The normalized spacial score (nSPS) is 24.4. The van der Waals surface area contributed by atoms with E-state index >= 15 is 0 Å². The number of hydrogen-bond acceptors (Lipinski definition) is 6. The van der Waals surface area contributed by atoms with Crippen LogP contribution in [0.3, 0.4) is 0 Å². The summed E-state index contributed by atoms with van der Waals surface area (Å²) in [6.45, 7) is 2.13. The zero-order valence-corrected chi connectivity index (χ0v) is 16.1. The number of carbonyl (C=O) groups is 1. The van der Waals surface area contributed by atoms with E-state index in [4.69, 9.17) is 0 Å². The van der Waals surface area contributed by atoms with E-state index in [2.05, 4.69) is 33.6 Å². The van der Waals surface area contributed by atoms with E-state index in [9.17, 15) is 15.0 Å². The van der Waals surface area contributed by atoms with Crippen LogP contribution in [-0.2, 0) is 11.2 Å². The molecule has 7 heteroatoms. The Morgan fingerprint density at radius 1 is 1.30 bits per heavy atom. The minimum Gasteiger partial charge on any atom is -0.392 e. The molecule has 27 heavy (non-hydrogen) atoms. The Bertz CT molecular complexity index is 600. The van der Waals surface area contributed by atoms with Crippen LogP contribution in [0.1, 0.15) is 64.1 Å². The van der Waals surface area contributed by atoms with E-state index in [1.807, 2.05) is 12.2 Å². The summed E-state index contributed by atoms with van der Waals surface area (Å²) in [5, 5.41) is 33.9. The molecule has 0 bridgehead atoms. The Hall–Kier alpha value is -1.86. The molecule has 150 valence electrons. The van der Waals surface area contributed by atoms with Gasteiger partial charge in [0.15, 0.2) is 0 Å². The standard InChI is InChI=1S/C20H32N4O3/c1-2-3-6-9-15(25)12-13-17-16(18(26)14-19(17)27)10-7-4-5-8-11-20-21-23-24-22-20/h4,7,12-13,15-17,19,25,27H,2-3,5-6,8-11,14H2,1H3,(H,21,22,23,24)/b7-4-,13-12?. The average molecular weight is 377 g/mol. The number of unbranched alkanes of at least 4 members (excludes halogenated alkanes) is 3. The van der Waals surface area contributed by atoms with Gasteiger partial charge in [0.2, 0.25) is 0 Å². The van der Waals surface area contributed by atoms with Gasteiger partial charge in [-0.15, -0.1) is 5.10 Å². The summed E-state index contributed by atoms with van der Waals surface area (Å²) in [7, 11) is 0. The largest absolute Gasteiger partial charge is 0.392 e. The molecule has 7 nitrogen and oxygen atoms in total. The molecule has 0 aliphatic heterocycles. The second-order valence-electron chi connectivity index (χ2n) is 7.32. The molecule has 4 atom stereocenters. The summed E-state index contributed by atoms with van der Waals surface area (Å²) in [4.78, 5) is 12.2. The third kappa shape index (κ3) is 7.34. The van der Waals surface area contributed by atoms with E-state index in [-0.39, 0.29) is 24.0 Å². The van der Waals surface area contributed by atoms with Gasteiger partial charge in [-0.05, 0) is 36.1 Å². The molecule has 3 N–H and O–H groups in total. The van der Waals surface area contributed by atoms with Crippen molar-refractivity contribution < 1.29 is 15.0 Å². The number of tetrazole rings is 1. The molecule has 0 amide bonds. The number of aryl methyl sites for hydroxylation is 1. The summed E-state index contributed by atoms with van der Waals surface area (Å²) in [6.07, 6.45) is 13.9. The Balaban J connectivity index is 1.76. The van der Waals surface area contributed by atoms with Crippen LogP contribution in [-0.4, -0.2) is 48.8 Å². The van der Waals surface area contributed by atoms with Crippen LogP contribution in [0.15, 0.2) is 24.3 Å². The molecule has 1 aliphatic carbocycles. The first-order valence-corrected chi connectivity index (χ1v) is 10.1. The molecule has 4 unspecified atom stereocenters. The summed E-state index contributed by atoms with van der Waals surface area (Å²) in [6, 6.07) is 0. The Morgan fingerprint density at radius 3 is 2.89 bits per heavy atom. The summed E-state index contributed by atoms with van der Waals surface area (Å²) in [5.41, 5.74) is 0. The molecule has 1 saturated carbocycles. The SMILES string of the molecule is CCCCCC(O)C=CC1C(O)CC(=O)C1C/C=C\CCCc1nnn[nH]1. The molecule has 1 heterocycles. The van der Waals surface area contributed by atoms with Crippen LogP contribution >= 0.6 is 0 Å². The quantitative estimate of drug-likeness (QED) is 0.382. The van der Waals surface area contributed by atoms with Crippen LogP contribution in [0.5, 0.6) is 0 Å². The number of aromatic amines is 1.